The predicted octanol–water partition coefficient (Wildman–Crippen LogP) is 0.599. The minimum Gasteiger partial charge on any atom is -0.444 e. The third-order valence-corrected chi connectivity index (χ3v) is 2.75. The van der Waals surface area contributed by atoms with Crippen molar-refractivity contribution in [2.24, 2.45) is 0 Å². The van der Waals surface area contributed by atoms with E-state index < -0.39 is 11.7 Å². The second-order valence-corrected chi connectivity index (χ2v) is 5.98. The fourth-order valence-corrected chi connectivity index (χ4v) is 1.81. The monoisotopic (exact) mass is 338 g/mol. The van der Waals surface area contributed by atoms with E-state index in [4.69, 9.17) is 9.47 Å². The van der Waals surface area contributed by atoms with E-state index in [-0.39, 0.29) is 5.56 Å². The maximum atomic E-state index is 11.7. The van der Waals surface area contributed by atoms with Crippen molar-refractivity contribution in [3.8, 4) is 0 Å². The summed E-state index contributed by atoms with van der Waals surface area (Å²) in [6.07, 6.45) is 0.940. The van der Waals surface area contributed by atoms with E-state index in [0.717, 1.165) is 0 Å². The molecule has 1 amide bonds. The lowest BCUT2D eigenvalue weighted by Crippen LogP contribution is -2.34. The highest BCUT2D eigenvalue weighted by molar-refractivity contribution is 5.69. The molecule has 0 radical (unpaired) electrons. The van der Waals surface area contributed by atoms with Crippen molar-refractivity contribution in [2.45, 2.75) is 26.4 Å². The summed E-state index contributed by atoms with van der Waals surface area (Å²) < 4.78 is 10.5. The van der Waals surface area contributed by atoms with Crippen LogP contribution in [0.3, 0.4) is 0 Å². The number of nitrogens with zero attached hydrogens (tertiary/aromatic N) is 2. The summed E-state index contributed by atoms with van der Waals surface area (Å²) in [5.74, 6) is 0.329. The Labute approximate surface area is 138 Å². The van der Waals surface area contributed by atoms with Gasteiger partial charge in [-0.3, -0.25) is 9.78 Å². The number of carbonyl (C=O) groups is 1. The van der Waals surface area contributed by atoms with Crippen LogP contribution in [-0.2, 0) is 9.47 Å². The highest BCUT2D eigenvalue weighted by Gasteiger charge is 2.15. The average molecular weight is 338 g/mol. The molecular formula is C14H22N6O4. The first kappa shape index (κ1) is 17.7. The zero-order valence-corrected chi connectivity index (χ0v) is 13.9. The van der Waals surface area contributed by atoms with Crippen molar-refractivity contribution in [3.63, 3.8) is 0 Å². The van der Waals surface area contributed by atoms with Gasteiger partial charge in [0.15, 0.2) is 11.2 Å². The molecule has 10 nitrogen and oxygen atoms in total. The number of fused-ring (bicyclic) bond motifs is 1. The Balaban J connectivity index is 1.61. The van der Waals surface area contributed by atoms with Gasteiger partial charge in [-0.05, 0) is 20.8 Å². The number of imidazole rings is 1. The van der Waals surface area contributed by atoms with E-state index in [9.17, 15) is 9.59 Å². The lowest BCUT2D eigenvalue weighted by molar-refractivity contribution is 0.0502. The molecule has 0 unspecified atom stereocenters. The first-order valence-corrected chi connectivity index (χ1v) is 7.57. The zero-order valence-electron chi connectivity index (χ0n) is 13.9. The summed E-state index contributed by atoms with van der Waals surface area (Å²) in [4.78, 5) is 36.5. The number of nitrogens with one attached hydrogen (secondary N) is 4. The van der Waals surface area contributed by atoms with Gasteiger partial charge in [-0.2, -0.15) is 4.98 Å². The summed E-state index contributed by atoms with van der Waals surface area (Å²) >= 11 is 0. The molecule has 0 saturated heterocycles. The second kappa shape index (κ2) is 7.77. The van der Waals surface area contributed by atoms with Crippen molar-refractivity contribution in [3.05, 3.63) is 16.7 Å². The number of amides is 1. The molecule has 0 fully saturated rings. The highest BCUT2D eigenvalue weighted by atomic mass is 16.6. The number of hydrogen-bond donors (Lipinski definition) is 4. The lowest BCUT2D eigenvalue weighted by Gasteiger charge is -2.19. The highest BCUT2D eigenvalue weighted by Crippen LogP contribution is 2.06. The van der Waals surface area contributed by atoms with Gasteiger partial charge in [-0.1, -0.05) is 0 Å². The van der Waals surface area contributed by atoms with Gasteiger partial charge >= 0.3 is 6.09 Å². The van der Waals surface area contributed by atoms with Crippen molar-refractivity contribution in [1.29, 1.82) is 0 Å². The first-order valence-electron chi connectivity index (χ1n) is 7.57. The largest absolute Gasteiger partial charge is 0.444 e. The number of hydrogen-bond acceptors (Lipinski definition) is 7. The van der Waals surface area contributed by atoms with Crippen molar-refractivity contribution in [1.82, 2.24) is 25.3 Å². The number of aromatic nitrogens is 4. The average Bonchev–Trinajstić information content (AvgIpc) is 2.93. The maximum Gasteiger partial charge on any atom is 0.407 e. The molecule has 0 saturated carbocycles. The standard InChI is InChI=1S/C14H22N6O4/c1-14(2,3)24-13(22)16-5-7-23-6-4-15-12-19-10-9(11(21)20-12)17-8-18-10/h8H,4-7H2,1-3H3,(H,16,22)(H3,15,17,18,19,20,21). The molecule has 0 aromatic carbocycles. The van der Waals surface area contributed by atoms with E-state index in [1.807, 2.05) is 0 Å². The Hall–Kier alpha value is -2.62. The van der Waals surface area contributed by atoms with Gasteiger partial charge in [0.05, 0.1) is 19.5 Å². The fourth-order valence-electron chi connectivity index (χ4n) is 1.81. The lowest BCUT2D eigenvalue weighted by atomic mass is 10.2. The zero-order chi connectivity index (χ0) is 17.6. The summed E-state index contributed by atoms with van der Waals surface area (Å²) in [7, 11) is 0. The molecule has 2 aromatic heterocycles. The quantitative estimate of drug-likeness (QED) is 0.543. The number of carbonyl (C=O) groups excluding carboxylic acids is 1. The molecule has 132 valence electrons. The van der Waals surface area contributed by atoms with E-state index in [2.05, 4.69) is 30.6 Å². The second-order valence-electron chi connectivity index (χ2n) is 5.98. The van der Waals surface area contributed by atoms with Crippen molar-refractivity contribution >= 4 is 23.2 Å². The normalized spacial score (nSPS) is 11.5. The number of rotatable bonds is 7. The molecule has 0 spiro atoms. The van der Waals surface area contributed by atoms with Crippen LogP contribution in [0.25, 0.3) is 11.2 Å². The third kappa shape index (κ3) is 5.54. The third-order valence-electron chi connectivity index (χ3n) is 2.75. The van der Waals surface area contributed by atoms with Crippen LogP contribution >= 0.6 is 0 Å². The SMILES string of the molecule is CC(C)(C)OC(=O)NCCOCCNc1nc2nc[nH]c2c(=O)[nH]1. The number of aromatic amines is 2. The molecule has 24 heavy (non-hydrogen) atoms. The van der Waals surface area contributed by atoms with Crippen LogP contribution in [0.15, 0.2) is 11.1 Å². The minimum atomic E-state index is -0.520. The summed E-state index contributed by atoms with van der Waals surface area (Å²) in [5.41, 5.74) is -0.120. The summed E-state index contributed by atoms with van der Waals surface area (Å²) in [6.45, 7) is 6.94. The molecule has 0 aliphatic rings. The molecule has 2 aromatic rings. The van der Waals surface area contributed by atoms with Gasteiger partial charge in [-0.15, -0.1) is 0 Å². The van der Waals surface area contributed by atoms with E-state index in [1.54, 1.807) is 20.8 Å². The number of anilines is 1. The van der Waals surface area contributed by atoms with Crippen LogP contribution in [-0.4, -0.2) is 57.9 Å². The topological polar surface area (TPSA) is 134 Å². The number of ether oxygens (including phenoxy) is 2. The Bertz CT molecular complexity index is 733. The molecule has 0 bridgehead atoms. The fraction of sp³-hybridized carbons (Fsp3) is 0.571. The van der Waals surface area contributed by atoms with Gasteiger partial charge in [-0.25, -0.2) is 9.78 Å². The first-order chi connectivity index (χ1) is 11.3. The van der Waals surface area contributed by atoms with Crippen LogP contribution in [0.4, 0.5) is 10.7 Å². The Kier molecular flexibility index (Phi) is 5.74. The Morgan fingerprint density at radius 2 is 2.04 bits per heavy atom. The maximum absolute atomic E-state index is 11.7. The van der Waals surface area contributed by atoms with Crippen LogP contribution in [0, 0.1) is 0 Å². The molecular weight excluding hydrogens is 316 g/mol. The molecule has 2 rings (SSSR count). The Morgan fingerprint density at radius 1 is 1.29 bits per heavy atom. The van der Waals surface area contributed by atoms with Crippen LogP contribution in [0.2, 0.25) is 0 Å². The van der Waals surface area contributed by atoms with Gasteiger partial charge in [0, 0.05) is 13.1 Å². The van der Waals surface area contributed by atoms with E-state index >= 15 is 0 Å². The number of alkyl carbamates (subject to hydrolysis) is 1. The molecule has 0 atom stereocenters. The summed E-state index contributed by atoms with van der Waals surface area (Å²) in [6, 6.07) is 0. The van der Waals surface area contributed by atoms with Crippen LogP contribution in [0.5, 0.6) is 0 Å². The summed E-state index contributed by atoms with van der Waals surface area (Å²) in [5, 5.41) is 5.53. The molecule has 0 aliphatic carbocycles. The van der Waals surface area contributed by atoms with E-state index in [0.29, 0.717) is 43.4 Å². The van der Waals surface area contributed by atoms with Gasteiger partial charge in [0.25, 0.3) is 5.56 Å². The van der Waals surface area contributed by atoms with E-state index in [1.165, 1.54) is 6.33 Å². The number of H-pyrrole nitrogens is 2. The molecule has 0 aliphatic heterocycles. The molecule has 4 N–H and O–H groups in total. The minimum absolute atomic E-state index is 0.289. The van der Waals surface area contributed by atoms with Gasteiger partial charge < -0.3 is 25.1 Å². The van der Waals surface area contributed by atoms with Crippen molar-refractivity contribution < 1.29 is 14.3 Å². The Morgan fingerprint density at radius 3 is 2.79 bits per heavy atom. The van der Waals surface area contributed by atoms with Crippen LogP contribution < -0.4 is 16.2 Å². The van der Waals surface area contributed by atoms with Gasteiger partial charge in [0.2, 0.25) is 5.95 Å². The van der Waals surface area contributed by atoms with Gasteiger partial charge in [0.1, 0.15) is 5.60 Å². The predicted molar refractivity (Wildman–Crippen MR) is 88.1 cm³/mol. The molecule has 10 heteroatoms. The van der Waals surface area contributed by atoms with Crippen molar-refractivity contribution in [2.75, 3.05) is 31.6 Å². The van der Waals surface area contributed by atoms with Crippen LogP contribution in [0.1, 0.15) is 20.8 Å². The molecule has 2 heterocycles. The smallest absolute Gasteiger partial charge is 0.407 e.